The van der Waals surface area contributed by atoms with Gasteiger partial charge in [0, 0.05) is 22.2 Å². The molecule has 4 fully saturated rings. The summed E-state index contributed by atoms with van der Waals surface area (Å²) < 4.78 is 29.6. The fourth-order valence-corrected chi connectivity index (χ4v) is 7.49. The molecule has 7 rings (SSSR count). The van der Waals surface area contributed by atoms with Crippen LogP contribution in [0.25, 0.3) is 5.69 Å². The number of nitrogens with zero attached hydrogens (tertiary/aromatic N) is 3. The molecule has 2 heterocycles. The van der Waals surface area contributed by atoms with Crippen LogP contribution in [-0.2, 0) is 20.0 Å². The van der Waals surface area contributed by atoms with Crippen molar-refractivity contribution in [2.45, 2.75) is 47.8 Å². The molecule has 11 heteroatoms. The molecule has 3 aromatic rings. The topological polar surface area (TPSA) is 107 Å². The highest BCUT2D eigenvalue weighted by molar-refractivity contribution is 9.10. The monoisotopic (exact) mass is 550 g/mol. The summed E-state index contributed by atoms with van der Waals surface area (Å²) in [4.78, 5) is 14.4. The van der Waals surface area contributed by atoms with Crippen LogP contribution >= 0.6 is 27.5 Å². The van der Waals surface area contributed by atoms with Crippen molar-refractivity contribution in [3.8, 4) is 5.69 Å². The Kier molecular flexibility index (Phi) is 4.34. The molecule has 0 saturated heterocycles. The molecule has 0 unspecified atom stereocenters. The Labute approximate surface area is 203 Å². The number of amides is 1. The summed E-state index contributed by atoms with van der Waals surface area (Å²) in [6, 6.07) is 10.5. The Morgan fingerprint density at radius 3 is 2.39 bits per heavy atom. The summed E-state index contributed by atoms with van der Waals surface area (Å²) >= 11 is 9.51. The second-order valence-electron chi connectivity index (χ2n) is 9.58. The standard InChI is InChI=1S/C22H20BrClN4O4S/c1-33(30,31)22(8-9-22)16-7-6-15(32-16)19(29)25-21-10-20(11-21,12-21)17-18(23)27-28(26-17)14-4-2-13(24)3-5-14/h2-7H,8-12H2,1H3,(H,25,29). The van der Waals surface area contributed by atoms with Gasteiger partial charge in [-0.05, 0) is 84.4 Å². The van der Waals surface area contributed by atoms with Gasteiger partial charge in [0.2, 0.25) is 0 Å². The number of sulfone groups is 1. The molecule has 4 aliphatic carbocycles. The Morgan fingerprint density at radius 2 is 1.79 bits per heavy atom. The van der Waals surface area contributed by atoms with Gasteiger partial charge in [-0.2, -0.15) is 9.90 Å². The van der Waals surface area contributed by atoms with E-state index in [1.54, 1.807) is 29.1 Å². The van der Waals surface area contributed by atoms with Gasteiger partial charge in [0.05, 0.1) is 5.69 Å². The number of halogens is 2. The van der Waals surface area contributed by atoms with E-state index in [0.29, 0.717) is 28.2 Å². The molecule has 4 saturated carbocycles. The Morgan fingerprint density at radius 1 is 1.12 bits per heavy atom. The minimum Gasteiger partial charge on any atom is -0.454 e. The summed E-state index contributed by atoms with van der Waals surface area (Å²) in [6.45, 7) is 0. The number of aromatic nitrogens is 3. The van der Waals surface area contributed by atoms with Crippen molar-refractivity contribution in [1.82, 2.24) is 20.3 Å². The fraction of sp³-hybridized carbons (Fsp3) is 0.409. The summed E-state index contributed by atoms with van der Waals surface area (Å²) in [7, 11) is -3.29. The average Bonchev–Trinajstić information content (AvgIpc) is 3.23. The number of hydrogen-bond acceptors (Lipinski definition) is 6. The van der Waals surface area contributed by atoms with Gasteiger partial charge in [0.25, 0.3) is 5.91 Å². The molecule has 1 N–H and O–H groups in total. The van der Waals surface area contributed by atoms with Crippen LogP contribution in [0.15, 0.2) is 45.4 Å². The fourth-order valence-electron chi connectivity index (χ4n) is 5.40. The Balaban J connectivity index is 1.14. The molecule has 172 valence electrons. The molecule has 4 aliphatic rings. The van der Waals surface area contributed by atoms with E-state index in [9.17, 15) is 13.2 Å². The molecule has 0 aliphatic heterocycles. The number of carbonyl (C=O) groups excluding carboxylic acids is 1. The third-order valence-electron chi connectivity index (χ3n) is 7.23. The summed E-state index contributed by atoms with van der Waals surface area (Å²) in [5.74, 6) is 0.184. The van der Waals surface area contributed by atoms with Crippen LogP contribution < -0.4 is 5.32 Å². The van der Waals surface area contributed by atoms with E-state index in [1.165, 1.54) is 6.26 Å². The highest BCUT2D eigenvalue weighted by Gasteiger charge is 2.71. The molecule has 2 aromatic heterocycles. The maximum absolute atomic E-state index is 12.8. The molecule has 8 nitrogen and oxygen atoms in total. The second-order valence-corrected chi connectivity index (χ2v) is 13.1. The molecule has 1 aromatic carbocycles. The number of carbonyl (C=O) groups is 1. The van der Waals surface area contributed by atoms with Gasteiger partial charge in [0.15, 0.2) is 20.2 Å². The van der Waals surface area contributed by atoms with E-state index >= 15 is 0 Å². The second kappa shape index (κ2) is 6.70. The highest BCUT2D eigenvalue weighted by Crippen LogP contribution is 2.68. The molecule has 0 radical (unpaired) electrons. The molecule has 2 bridgehead atoms. The first-order valence-electron chi connectivity index (χ1n) is 10.6. The normalized spacial score (nSPS) is 26.9. The SMILES string of the molecule is CS(=O)(=O)C1(c2ccc(C(=O)NC34CC(c5nn(-c6ccc(Cl)cc6)nc5Br)(C3)C4)o2)CC1. The summed E-state index contributed by atoms with van der Waals surface area (Å²) in [5.41, 5.74) is 1.30. The Bertz CT molecular complexity index is 1390. The van der Waals surface area contributed by atoms with Crippen LogP contribution in [0.1, 0.15) is 54.1 Å². The van der Waals surface area contributed by atoms with Crippen molar-refractivity contribution in [2.75, 3.05) is 6.26 Å². The number of furan rings is 1. The quantitative estimate of drug-likeness (QED) is 0.498. The predicted molar refractivity (Wildman–Crippen MR) is 124 cm³/mol. The highest BCUT2D eigenvalue weighted by atomic mass is 79.9. The lowest BCUT2D eigenvalue weighted by Gasteiger charge is -2.69. The van der Waals surface area contributed by atoms with Gasteiger partial charge in [0.1, 0.15) is 16.2 Å². The van der Waals surface area contributed by atoms with Crippen LogP contribution in [0.3, 0.4) is 0 Å². The van der Waals surface area contributed by atoms with Gasteiger partial charge < -0.3 is 9.73 Å². The van der Waals surface area contributed by atoms with Crippen LogP contribution in [0.4, 0.5) is 0 Å². The van der Waals surface area contributed by atoms with Crippen molar-refractivity contribution < 1.29 is 17.6 Å². The largest absolute Gasteiger partial charge is 0.454 e. The van der Waals surface area contributed by atoms with E-state index < -0.39 is 14.6 Å². The first-order valence-corrected chi connectivity index (χ1v) is 13.6. The molecular weight excluding hydrogens is 532 g/mol. The first kappa shape index (κ1) is 21.4. The number of nitrogens with one attached hydrogen (secondary N) is 1. The van der Waals surface area contributed by atoms with Crippen LogP contribution in [0.5, 0.6) is 0 Å². The van der Waals surface area contributed by atoms with Gasteiger partial charge in [-0.25, -0.2) is 8.42 Å². The van der Waals surface area contributed by atoms with Gasteiger partial charge in [-0.1, -0.05) is 11.6 Å². The van der Waals surface area contributed by atoms with Gasteiger partial charge in [-0.3, -0.25) is 4.79 Å². The van der Waals surface area contributed by atoms with Crippen molar-refractivity contribution in [3.05, 3.63) is 63.2 Å². The molecule has 0 spiro atoms. The summed E-state index contributed by atoms with van der Waals surface area (Å²) in [5, 5.41) is 12.9. The third-order valence-corrected chi connectivity index (χ3v) is 10.0. The minimum atomic E-state index is -3.29. The zero-order valence-electron chi connectivity index (χ0n) is 17.6. The van der Waals surface area contributed by atoms with E-state index in [4.69, 9.17) is 21.1 Å². The van der Waals surface area contributed by atoms with Crippen LogP contribution in [0.2, 0.25) is 5.02 Å². The van der Waals surface area contributed by atoms with Gasteiger partial charge >= 0.3 is 0 Å². The van der Waals surface area contributed by atoms with E-state index in [0.717, 1.165) is 30.6 Å². The maximum atomic E-state index is 12.8. The average molecular weight is 552 g/mol. The number of hydrogen-bond donors (Lipinski definition) is 1. The van der Waals surface area contributed by atoms with E-state index in [-0.39, 0.29) is 22.6 Å². The minimum absolute atomic E-state index is 0.112. The lowest BCUT2D eigenvalue weighted by Crippen LogP contribution is -2.76. The zero-order valence-corrected chi connectivity index (χ0v) is 20.8. The zero-order chi connectivity index (χ0) is 23.2. The summed E-state index contributed by atoms with van der Waals surface area (Å²) in [6.07, 6.45) is 4.57. The molecule has 1 amide bonds. The van der Waals surface area contributed by atoms with Crippen LogP contribution in [0, 0.1) is 0 Å². The molecular formula is C22H20BrClN4O4S. The Hall–Kier alpha value is -2.17. The van der Waals surface area contributed by atoms with Gasteiger partial charge in [-0.15, -0.1) is 5.10 Å². The third kappa shape index (κ3) is 3.14. The predicted octanol–water partition coefficient (Wildman–Crippen LogP) is 3.91. The number of rotatable bonds is 6. The maximum Gasteiger partial charge on any atom is 0.287 e. The van der Waals surface area contributed by atoms with Crippen molar-refractivity contribution in [2.24, 2.45) is 0 Å². The number of benzene rings is 1. The van der Waals surface area contributed by atoms with E-state index in [2.05, 4.69) is 26.3 Å². The van der Waals surface area contributed by atoms with Crippen molar-refractivity contribution in [3.63, 3.8) is 0 Å². The lowest BCUT2D eigenvalue weighted by atomic mass is 9.38. The first-order chi connectivity index (χ1) is 15.5. The van der Waals surface area contributed by atoms with E-state index in [1.807, 2.05) is 12.1 Å². The van der Waals surface area contributed by atoms with Crippen molar-refractivity contribution >= 4 is 43.3 Å². The van der Waals surface area contributed by atoms with Crippen molar-refractivity contribution in [1.29, 1.82) is 0 Å². The van der Waals surface area contributed by atoms with Crippen LogP contribution in [-0.4, -0.2) is 41.1 Å². The molecule has 33 heavy (non-hydrogen) atoms. The smallest absolute Gasteiger partial charge is 0.287 e. The lowest BCUT2D eigenvalue weighted by molar-refractivity contribution is -0.0844. The molecule has 0 atom stereocenters.